The Morgan fingerprint density at radius 1 is 1.08 bits per heavy atom. The first-order valence-electron chi connectivity index (χ1n) is 8.80. The van der Waals surface area contributed by atoms with Crippen LogP contribution in [0.3, 0.4) is 0 Å². The Labute approximate surface area is 164 Å². The zero-order chi connectivity index (χ0) is 18.5. The zero-order valence-electron chi connectivity index (χ0n) is 14.7. The van der Waals surface area contributed by atoms with Crippen LogP contribution in [0.2, 0.25) is 10.0 Å². The molecule has 1 saturated heterocycles. The van der Waals surface area contributed by atoms with E-state index in [0.29, 0.717) is 15.8 Å². The Bertz CT molecular complexity index is 759. The number of hydrogen-bond acceptors (Lipinski definition) is 3. The van der Waals surface area contributed by atoms with Crippen LogP contribution >= 0.6 is 23.2 Å². The molecule has 6 heteroatoms. The molecule has 0 aliphatic carbocycles. The van der Waals surface area contributed by atoms with Gasteiger partial charge in [0.15, 0.2) is 6.10 Å². The molecule has 1 heterocycles. The van der Waals surface area contributed by atoms with Gasteiger partial charge in [0.2, 0.25) is 0 Å². The minimum Gasteiger partial charge on any atom is -0.479 e. The fourth-order valence-electron chi connectivity index (χ4n) is 2.97. The molecular formula is C20H22Cl2N2O2. The second-order valence-electron chi connectivity index (χ2n) is 6.42. The van der Waals surface area contributed by atoms with Gasteiger partial charge in [0.05, 0.1) is 5.02 Å². The maximum atomic E-state index is 12.4. The highest BCUT2D eigenvalue weighted by Crippen LogP contribution is 2.28. The first-order chi connectivity index (χ1) is 12.5. The monoisotopic (exact) mass is 392 g/mol. The fraction of sp³-hybridized carbons (Fsp3) is 0.350. The van der Waals surface area contributed by atoms with Crippen LogP contribution < -0.4 is 15.0 Å². The molecular weight excluding hydrogens is 371 g/mol. The van der Waals surface area contributed by atoms with E-state index in [0.717, 1.165) is 18.8 Å². The molecule has 0 radical (unpaired) electrons. The minimum atomic E-state index is -0.685. The molecule has 1 N–H and O–H groups in total. The topological polar surface area (TPSA) is 41.6 Å². The number of rotatable bonds is 5. The third-order valence-corrected chi connectivity index (χ3v) is 4.95. The van der Waals surface area contributed by atoms with Crippen LogP contribution in [0.5, 0.6) is 5.75 Å². The molecule has 2 aromatic carbocycles. The fourth-order valence-corrected chi connectivity index (χ4v) is 3.42. The van der Waals surface area contributed by atoms with E-state index in [1.165, 1.54) is 24.9 Å². The molecule has 0 spiro atoms. The number of halogens is 2. The van der Waals surface area contributed by atoms with E-state index in [9.17, 15) is 4.79 Å². The molecule has 1 amide bonds. The highest BCUT2D eigenvalue weighted by Gasteiger charge is 2.17. The molecule has 0 saturated carbocycles. The van der Waals surface area contributed by atoms with Crippen LogP contribution in [0.1, 0.15) is 26.2 Å². The highest BCUT2D eigenvalue weighted by atomic mass is 35.5. The summed E-state index contributed by atoms with van der Waals surface area (Å²) in [6.45, 7) is 3.87. The standard InChI is InChI=1S/C20H22Cl2N2O2/c1-14(26-19-10-5-15(21)13-18(19)22)20(25)23-16-6-8-17(9-7-16)24-11-3-2-4-12-24/h5-10,13-14H,2-4,11-12H2,1H3,(H,23,25)/t14-/m0/s1. The van der Waals surface area contributed by atoms with Gasteiger partial charge < -0.3 is 15.0 Å². The summed E-state index contributed by atoms with van der Waals surface area (Å²) in [5.41, 5.74) is 1.94. The predicted molar refractivity (Wildman–Crippen MR) is 108 cm³/mol. The van der Waals surface area contributed by atoms with Gasteiger partial charge in [-0.15, -0.1) is 0 Å². The highest BCUT2D eigenvalue weighted by molar-refractivity contribution is 6.35. The van der Waals surface area contributed by atoms with E-state index >= 15 is 0 Å². The summed E-state index contributed by atoms with van der Waals surface area (Å²) >= 11 is 12.0. The molecule has 3 rings (SSSR count). The summed E-state index contributed by atoms with van der Waals surface area (Å²) in [6.07, 6.45) is 3.09. The number of carbonyl (C=O) groups is 1. The van der Waals surface area contributed by atoms with Crippen LogP contribution in [-0.2, 0) is 4.79 Å². The largest absolute Gasteiger partial charge is 0.479 e. The van der Waals surface area contributed by atoms with E-state index in [-0.39, 0.29) is 5.91 Å². The van der Waals surface area contributed by atoms with E-state index in [2.05, 4.69) is 10.2 Å². The molecule has 4 nitrogen and oxygen atoms in total. The van der Waals surface area contributed by atoms with E-state index in [1.54, 1.807) is 25.1 Å². The predicted octanol–water partition coefficient (Wildman–Crippen LogP) is 5.39. The van der Waals surface area contributed by atoms with Gasteiger partial charge in [-0.25, -0.2) is 0 Å². The van der Waals surface area contributed by atoms with Crippen molar-refractivity contribution in [1.29, 1.82) is 0 Å². The summed E-state index contributed by atoms with van der Waals surface area (Å²) in [4.78, 5) is 14.7. The number of nitrogens with one attached hydrogen (secondary N) is 1. The Hall–Kier alpha value is -1.91. The van der Waals surface area contributed by atoms with Gasteiger partial charge in [-0.3, -0.25) is 4.79 Å². The molecule has 138 valence electrons. The maximum absolute atomic E-state index is 12.4. The van der Waals surface area contributed by atoms with Crippen LogP contribution in [0.25, 0.3) is 0 Å². The number of piperidine rings is 1. The third kappa shape index (κ3) is 4.83. The van der Waals surface area contributed by atoms with Crippen LogP contribution in [0.15, 0.2) is 42.5 Å². The summed E-state index contributed by atoms with van der Waals surface area (Å²) < 4.78 is 5.64. The molecule has 1 fully saturated rings. The van der Waals surface area contributed by atoms with E-state index < -0.39 is 6.10 Å². The normalized spacial score (nSPS) is 15.4. The van der Waals surface area contributed by atoms with Crippen molar-refractivity contribution in [1.82, 2.24) is 0 Å². The van der Waals surface area contributed by atoms with E-state index in [4.69, 9.17) is 27.9 Å². The first kappa shape index (κ1) is 18.9. The second-order valence-corrected chi connectivity index (χ2v) is 7.26. The van der Waals surface area contributed by atoms with Gasteiger partial charge in [-0.1, -0.05) is 23.2 Å². The number of carbonyl (C=O) groups excluding carboxylic acids is 1. The van der Waals surface area contributed by atoms with Crippen molar-refractivity contribution in [2.45, 2.75) is 32.3 Å². The summed E-state index contributed by atoms with van der Waals surface area (Å²) in [5.74, 6) is 0.195. The van der Waals surface area contributed by atoms with Gasteiger partial charge in [0.25, 0.3) is 5.91 Å². The lowest BCUT2D eigenvalue weighted by Crippen LogP contribution is -2.30. The van der Waals surface area contributed by atoms with Gasteiger partial charge in [0, 0.05) is 29.5 Å². The number of ether oxygens (including phenoxy) is 1. The summed E-state index contributed by atoms with van der Waals surface area (Å²) in [5, 5.41) is 3.77. The number of anilines is 2. The van der Waals surface area contributed by atoms with Gasteiger partial charge in [-0.05, 0) is 68.7 Å². The van der Waals surface area contributed by atoms with Crippen LogP contribution in [0.4, 0.5) is 11.4 Å². The molecule has 0 aromatic heterocycles. The number of benzene rings is 2. The van der Waals surface area contributed by atoms with Crippen LogP contribution in [0, 0.1) is 0 Å². The third-order valence-electron chi connectivity index (χ3n) is 4.42. The average molecular weight is 393 g/mol. The average Bonchev–Trinajstić information content (AvgIpc) is 2.65. The van der Waals surface area contributed by atoms with Gasteiger partial charge in [0.1, 0.15) is 5.75 Å². The molecule has 0 bridgehead atoms. The summed E-state index contributed by atoms with van der Waals surface area (Å²) in [7, 11) is 0. The van der Waals surface area contributed by atoms with Crippen molar-refractivity contribution < 1.29 is 9.53 Å². The quantitative estimate of drug-likeness (QED) is 0.741. The molecule has 1 aliphatic heterocycles. The van der Waals surface area contributed by atoms with Crippen molar-refractivity contribution in [2.75, 3.05) is 23.3 Å². The Balaban J connectivity index is 1.58. The van der Waals surface area contributed by atoms with Crippen molar-refractivity contribution in [3.05, 3.63) is 52.5 Å². The lowest BCUT2D eigenvalue weighted by Gasteiger charge is -2.28. The Morgan fingerprint density at radius 3 is 2.42 bits per heavy atom. The van der Waals surface area contributed by atoms with Crippen molar-refractivity contribution in [3.8, 4) is 5.75 Å². The van der Waals surface area contributed by atoms with Crippen LogP contribution in [-0.4, -0.2) is 25.1 Å². The van der Waals surface area contributed by atoms with Crippen molar-refractivity contribution >= 4 is 40.5 Å². The maximum Gasteiger partial charge on any atom is 0.265 e. The number of amides is 1. The van der Waals surface area contributed by atoms with Gasteiger partial charge >= 0.3 is 0 Å². The molecule has 0 unspecified atom stereocenters. The number of hydrogen-bond donors (Lipinski definition) is 1. The van der Waals surface area contributed by atoms with Crippen molar-refractivity contribution in [3.63, 3.8) is 0 Å². The van der Waals surface area contributed by atoms with Gasteiger partial charge in [-0.2, -0.15) is 0 Å². The molecule has 26 heavy (non-hydrogen) atoms. The molecule has 1 aliphatic rings. The first-order valence-corrected chi connectivity index (χ1v) is 9.56. The zero-order valence-corrected chi connectivity index (χ0v) is 16.2. The SMILES string of the molecule is C[C@H](Oc1ccc(Cl)cc1Cl)C(=O)Nc1ccc(N2CCCCC2)cc1. The second kappa shape index (κ2) is 8.65. The summed E-state index contributed by atoms with van der Waals surface area (Å²) in [6, 6.07) is 12.8. The smallest absolute Gasteiger partial charge is 0.265 e. The lowest BCUT2D eigenvalue weighted by atomic mass is 10.1. The minimum absolute atomic E-state index is 0.235. The molecule has 2 aromatic rings. The lowest BCUT2D eigenvalue weighted by molar-refractivity contribution is -0.122. The Morgan fingerprint density at radius 2 is 1.77 bits per heavy atom. The molecule has 1 atom stereocenters. The number of nitrogens with zero attached hydrogens (tertiary/aromatic N) is 1. The van der Waals surface area contributed by atoms with E-state index in [1.807, 2.05) is 24.3 Å². The Kier molecular flexibility index (Phi) is 6.28. The van der Waals surface area contributed by atoms with Crippen molar-refractivity contribution in [2.24, 2.45) is 0 Å².